The van der Waals surface area contributed by atoms with E-state index >= 15 is 0 Å². The minimum atomic E-state index is 0.0192. The Balaban J connectivity index is 1.55. The number of ether oxygens (including phenoxy) is 3. The molecule has 0 bridgehead atoms. The molecule has 32 heavy (non-hydrogen) atoms. The standard InChI is InChI=1S/C26H27NO4S/c1-2-3-8-25(28)27-10-12-30-26-19(15-27)13-18(14-23(26)31-20-9-11-29-16-20)22-17-32-24-7-5-4-6-21(22)24/h2,4-7,13-14,17,20H,1,3,8-12,15-16H2/t20-/m0/s1. The summed E-state index contributed by atoms with van der Waals surface area (Å²) in [5, 5.41) is 3.42. The van der Waals surface area contributed by atoms with Crippen molar-refractivity contribution < 1.29 is 19.0 Å². The van der Waals surface area contributed by atoms with Crippen molar-refractivity contribution in [1.29, 1.82) is 0 Å². The van der Waals surface area contributed by atoms with Crippen LogP contribution in [0.1, 0.15) is 24.8 Å². The molecule has 5 rings (SSSR count). The highest BCUT2D eigenvalue weighted by Crippen LogP contribution is 2.42. The van der Waals surface area contributed by atoms with E-state index < -0.39 is 0 Å². The zero-order chi connectivity index (χ0) is 21.9. The molecule has 3 heterocycles. The van der Waals surface area contributed by atoms with Crippen molar-refractivity contribution in [2.45, 2.75) is 31.9 Å². The summed E-state index contributed by atoms with van der Waals surface area (Å²) in [6.45, 7) is 6.57. The molecule has 0 aliphatic carbocycles. The minimum Gasteiger partial charge on any atom is -0.487 e. The SMILES string of the molecule is C=CCCC(=O)N1CCOc2c(cc(-c3csc4ccccc34)cc2O[C@H]2CCOC2)C1. The highest BCUT2D eigenvalue weighted by molar-refractivity contribution is 7.17. The van der Waals surface area contributed by atoms with Crippen molar-refractivity contribution in [2.75, 3.05) is 26.4 Å². The van der Waals surface area contributed by atoms with Crippen LogP contribution >= 0.6 is 11.3 Å². The van der Waals surface area contributed by atoms with E-state index in [0.29, 0.717) is 45.8 Å². The third-order valence-electron chi connectivity index (χ3n) is 5.99. The summed E-state index contributed by atoms with van der Waals surface area (Å²) in [5.41, 5.74) is 3.24. The zero-order valence-corrected chi connectivity index (χ0v) is 18.9. The fraction of sp³-hybridized carbons (Fsp3) is 0.346. The van der Waals surface area contributed by atoms with Gasteiger partial charge in [-0.15, -0.1) is 17.9 Å². The van der Waals surface area contributed by atoms with E-state index in [-0.39, 0.29) is 12.0 Å². The smallest absolute Gasteiger partial charge is 0.223 e. The number of benzene rings is 2. The van der Waals surface area contributed by atoms with Gasteiger partial charge >= 0.3 is 0 Å². The number of amides is 1. The van der Waals surface area contributed by atoms with Crippen LogP contribution in [0.3, 0.4) is 0 Å². The Hall–Kier alpha value is -2.83. The van der Waals surface area contributed by atoms with Gasteiger partial charge in [0, 0.05) is 40.6 Å². The Kier molecular flexibility index (Phi) is 6.14. The van der Waals surface area contributed by atoms with Gasteiger partial charge in [0.05, 0.1) is 19.8 Å². The molecule has 1 aromatic heterocycles. The van der Waals surface area contributed by atoms with Crippen molar-refractivity contribution >= 4 is 27.3 Å². The van der Waals surface area contributed by atoms with E-state index in [1.165, 1.54) is 15.6 Å². The van der Waals surface area contributed by atoms with Crippen molar-refractivity contribution in [3.05, 3.63) is 60.0 Å². The number of carbonyl (C=O) groups is 1. The maximum absolute atomic E-state index is 12.7. The Bertz CT molecular complexity index is 1130. The van der Waals surface area contributed by atoms with Crippen LogP contribution in [0.15, 0.2) is 54.4 Å². The third kappa shape index (κ3) is 4.25. The molecule has 0 spiro atoms. The van der Waals surface area contributed by atoms with E-state index in [0.717, 1.165) is 29.0 Å². The number of rotatable bonds is 6. The summed E-state index contributed by atoms with van der Waals surface area (Å²) in [5.74, 6) is 1.61. The first-order valence-corrected chi connectivity index (χ1v) is 12.0. The quantitative estimate of drug-likeness (QED) is 0.471. The lowest BCUT2D eigenvalue weighted by molar-refractivity contribution is -0.131. The first-order valence-electron chi connectivity index (χ1n) is 11.1. The molecule has 166 valence electrons. The second-order valence-electron chi connectivity index (χ2n) is 8.20. The molecule has 2 aliphatic rings. The maximum Gasteiger partial charge on any atom is 0.223 e. The fourth-order valence-electron chi connectivity index (χ4n) is 4.31. The van der Waals surface area contributed by atoms with E-state index in [9.17, 15) is 4.79 Å². The molecule has 0 unspecified atom stereocenters. The molecule has 5 nitrogen and oxygen atoms in total. The van der Waals surface area contributed by atoms with Crippen LogP contribution in [0.5, 0.6) is 11.5 Å². The van der Waals surface area contributed by atoms with Crippen LogP contribution in [-0.4, -0.2) is 43.3 Å². The van der Waals surface area contributed by atoms with Gasteiger partial charge in [-0.3, -0.25) is 4.79 Å². The lowest BCUT2D eigenvalue weighted by Gasteiger charge is -2.21. The first-order chi connectivity index (χ1) is 15.7. The van der Waals surface area contributed by atoms with Crippen LogP contribution in [0.25, 0.3) is 21.2 Å². The van der Waals surface area contributed by atoms with Gasteiger partial charge in [-0.25, -0.2) is 0 Å². The van der Waals surface area contributed by atoms with Gasteiger partial charge in [0.15, 0.2) is 11.5 Å². The van der Waals surface area contributed by atoms with E-state index in [1.54, 1.807) is 17.4 Å². The highest BCUT2D eigenvalue weighted by atomic mass is 32.1. The van der Waals surface area contributed by atoms with Crippen LogP contribution in [0.4, 0.5) is 0 Å². The molecule has 1 saturated heterocycles. The Morgan fingerprint density at radius 2 is 2.19 bits per heavy atom. The highest BCUT2D eigenvalue weighted by Gasteiger charge is 2.26. The lowest BCUT2D eigenvalue weighted by Crippen LogP contribution is -2.32. The molecule has 1 amide bonds. The summed E-state index contributed by atoms with van der Waals surface area (Å²) in [6.07, 6.45) is 3.82. The van der Waals surface area contributed by atoms with Crippen LogP contribution in [-0.2, 0) is 16.1 Å². The molecule has 1 atom stereocenters. The third-order valence-corrected chi connectivity index (χ3v) is 6.95. The van der Waals surface area contributed by atoms with Crippen LogP contribution in [0.2, 0.25) is 0 Å². The van der Waals surface area contributed by atoms with Gasteiger partial charge in [0.2, 0.25) is 5.91 Å². The lowest BCUT2D eigenvalue weighted by atomic mass is 10.0. The number of hydrogen-bond acceptors (Lipinski definition) is 5. The van der Waals surface area contributed by atoms with E-state index in [2.05, 4.69) is 48.4 Å². The van der Waals surface area contributed by atoms with Gasteiger partial charge in [-0.05, 0) is 35.6 Å². The monoisotopic (exact) mass is 449 g/mol. The predicted octanol–water partition coefficient (Wildman–Crippen LogP) is 5.42. The number of allylic oxidation sites excluding steroid dienone is 1. The topological polar surface area (TPSA) is 48.0 Å². The molecule has 0 N–H and O–H groups in total. The van der Waals surface area contributed by atoms with Crippen LogP contribution < -0.4 is 9.47 Å². The van der Waals surface area contributed by atoms with Crippen molar-refractivity contribution in [3.63, 3.8) is 0 Å². The molecule has 1 fully saturated rings. The summed E-state index contributed by atoms with van der Waals surface area (Å²) in [4.78, 5) is 14.6. The molecule has 2 aliphatic heterocycles. The number of nitrogens with zero attached hydrogens (tertiary/aromatic N) is 1. The van der Waals surface area contributed by atoms with Gasteiger partial charge in [-0.2, -0.15) is 0 Å². The normalized spacial score (nSPS) is 18.1. The molecule has 0 saturated carbocycles. The Morgan fingerprint density at radius 1 is 1.28 bits per heavy atom. The number of carbonyl (C=O) groups excluding carboxylic acids is 1. The predicted molar refractivity (Wildman–Crippen MR) is 127 cm³/mol. The Labute approximate surface area is 192 Å². The summed E-state index contributed by atoms with van der Waals surface area (Å²) < 4.78 is 19.3. The fourth-order valence-corrected chi connectivity index (χ4v) is 5.28. The molecular weight excluding hydrogens is 422 g/mol. The molecular formula is C26H27NO4S. The largest absolute Gasteiger partial charge is 0.487 e. The second kappa shape index (κ2) is 9.35. The average molecular weight is 450 g/mol. The second-order valence-corrected chi connectivity index (χ2v) is 9.11. The van der Waals surface area contributed by atoms with Gasteiger partial charge in [-0.1, -0.05) is 24.3 Å². The average Bonchev–Trinajstić information content (AvgIpc) is 3.42. The summed E-state index contributed by atoms with van der Waals surface area (Å²) >= 11 is 1.74. The maximum atomic E-state index is 12.7. The number of hydrogen-bond donors (Lipinski definition) is 0. The van der Waals surface area contributed by atoms with Crippen molar-refractivity contribution in [3.8, 4) is 22.6 Å². The Morgan fingerprint density at radius 3 is 3.03 bits per heavy atom. The van der Waals surface area contributed by atoms with Crippen molar-refractivity contribution in [1.82, 2.24) is 4.90 Å². The van der Waals surface area contributed by atoms with E-state index in [1.807, 2.05) is 4.90 Å². The molecule has 3 aromatic rings. The van der Waals surface area contributed by atoms with Crippen molar-refractivity contribution in [2.24, 2.45) is 0 Å². The minimum absolute atomic E-state index is 0.0192. The van der Waals surface area contributed by atoms with Gasteiger partial charge in [0.25, 0.3) is 0 Å². The summed E-state index contributed by atoms with van der Waals surface area (Å²) in [6, 6.07) is 12.7. The van der Waals surface area contributed by atoms with E-state index in [4.69, 9.17) is 14.2 Å². The molecule has 6 heteroatoms. The van der Waals surface area contributed by atoms with Crippen LogP contribution in [0, 0.1) is 0 Å². The first kappa shape index (κ1) is 21.0. The van der Waals surface area contributed by atoms with Gasteiger partial charge in [0.1, 0.15) is 12.7 Å². The zero-order valence-electron chi connectivity index (χ0n) is 18.0. The number of fused-ring (bicyclic) bond motifs is 2. The molecule has 0 radical (unpaired) electrons. The van der Waals surface area contributed by atoms with Gasteiger partial charge < -0.3 is 19.1 Å². The number of thiophene rings is 1. The summed E-state index contributed by atoms with van der Waals surface area (Å²) in [7, 11) is 0. The molecule has 2 aromatic carbocycles.